The van der Waals surface area contributed by atoms with Gasteiger partial charge < -0.3 is 10.6 Å². The van der Waals surface area contributed by atoms with Crippen LogP contribution in [0.4, 0.5) is 10.1 Å². The summed E-state index contributed by atoms with van der Waals surface area (Å²) < 4.78 is 15.0. The van der Waals surface area contributed by atoms with Crippen molar-refractivity contribution in [2.75, 3.05) is 11.9 Å². The lowest BCUT2D eigenvalue weighted by Gasteiger charge is -2.24. The molecular weight excluding hydrogens is 327 g/mol. The molecule has 5 heteroatoms. The van der Waals surface area contributed by atoms with E-state index in [1.54, 1.807) is 24.3 Å². The van der Waals surface area contributed by atoms with Crippen LogP contribution in [0.15, 0.2) is 33.4 Å². The van der Waals surface area contributed by atoms with E-state index >= 15 is 0 Å². The molecule has 0 spiro atoms. The molecule has 1 heterocycles. The first-order chi connectivity index (χ1) is 8.99. The molecule has 19 heavy (non-hydrogen) atoms. The number of hydrogen-bond donors (Lipinski definition) is 1. The molecule has 0 fully saturated rings. The number of anilines is 1. The highest BCUT2D eigenvalue weighted by Crippen LogP contribution is 2.29. The van der Waals surface area contributed by atoms with Crippen LogP contribution < -0.4 is 10.6 Å². The highest BCUT2D eigenvalue weighted by Gasteiger charge is 2.15. The lowest BCUT2D eigenvalue weighted by Crippen LogP contribution is -2.20. The van der Waals surface area contributed by atoms with Crippen LogP contribution in [-0.4, -0.2) is 7.05 Å². The van der Waals surface area contributed by atoms with E-state index in [1.807, 2.05) is 18.0 Å². The van der Waals surface area contributed by atoms with E-state index in [0.717, 1.165) is 16.0 Å². The van der Waals surface area contributed by atoms with Crippen molar-refractivity contribution in [3.63, 3.8) is 0 Å². The minimum absolute atomic E-state index is 0.245. The van der Waals surface area contributed by atoms with E-state index in [0.29, 0.717) is 5.56 Å². The van der Waals surface area contributed by atoms with Gasteiger partial charge in [-0.25, -0.2) is 4.39 Å². The summed E-state index contributed by atoms with van der Waals surface area (Å²) in [5, 5.41) is 2.09. The molecule has 1 atom stereocenters. The average molecular weight is 343 g/mol. The number of nitrogens with zero attached hydrogens (tertiary/aromatic N) is 1. The first-order valence-corrected chi connectivity index (χ1v) is 7.64. The van der Waals surface area contributed by atoms with Crippen LogP contribution in [0, 0.1) is 5.82 Å². The molecule has 0 amide bonds. The van der Waals surface area contributed by atoms with Crippen molar-refractivity contribution >= 4 is 33.0 Å². The van der Waals surface area contributed by atoms with Crippen molar-refractivity contribution in [3.8, 4) is 0 Å². The minimum Gasteiger partial charge on any atom is -0.370 e. The summed E-state index contributed by atoms with van der Waals surface area (Å²) in [6.07, 6.45) is 0. The van der Waals surface area contributed by atoms with E-state index in [1.165, 1.54) is 11.6 Å². The molecule has 2 rings (SSSR count). The fraction of sp³-hybridized carbons (Fsp3) is 0.286. The molecule has 0 aliphatic heterocycles. The Kier molecular flexibility index (Phi) is 4.60. The predicted molar refractivity (Wildman–Crippen MR) is 83.1 cm³/mol. The summed E-state index contributed by atoms with van der Waals surface area (Å²) in [4.78, 5) is 2.02. The van der Waals surface area contributed by atoms with Crippen molar-refractivity contribution in [2.45, 2.75) is 19.5 Å². The number of nitrogens with two attached hydrogens (primary N) is 1. The molecule has 0 aliphatic rings. The Balaban J connectivity index is 2.28. The fourth-order valence-electron chi connectivity index (χ4n) is 2.10. The van der Waals surface area contributed by atoms with Crippen LogP contribution in [0.5, 0.6) is 0 Å². The standard InChI is InChI=1S/C14H16BrFN2S/c1-9(17)14-11(16)4-3-5-12(14)18(2)7-10-6-13(15)19-8-10/h3-6,8-9H,7,17H2,1-2H3. The van der Waals surface area contributed by atoms with E-state index in [4.69, 9.17) is 5.73 Å². The number of rotatable bonds is 4. The second kappa shape index (κ2) is 6.03. The molecule has 0 bridgehead atoms. The Morgan fingerprint density at radius 3 is 2.79 bits per heavy atom. The third-order valence-electron chi connectivity index (χ3n) is 2.94. The van der Waals surface area contributed by atoms with Gasteiger partial charge in [-0.05, 0) is 52.0 Å². The maximum Gasteiger partial charge on any atom is 0.130 e. The first-order valence-electron chi connectivity index (χ1n) is 5.97. The zero-order valence-corrected chi connectivity index (χ0v) is 13.3. The van der Waals surface area contributed by atoms with Gasteiger partial charge >= 0.3 is 0 Å². The van der Waals surface area contributed by atoms with Crippen LogP contribution in [-0.2, 0) is 6.54 Å². The van der Waals surface area contributed by atoms with Gasteiger partial charge in [0.15, 0.2) is 0 Å². The largest absolute Gasteiger partial charge is 0.370 e. The van der Waals surface area contributed by atoms with Gasteiger partial charge in [-0.3, -0.25) is 0 Å². The molecule has 1 unspecified atom stereocenters. The molecular formula is C14H16BrFN2S. The Morgan fingerprint density at radius 1 is 1.47 bits per heavy atom. The fourth-order valence-corrected chi connectivity index (χ4v) is 3.30. The van der Waals surface area contributed by atoms with E-state index < -0.39 is 0 Å². The number of hydrogen-bond acceptors (Lipinski definition) is 3. The number of benzene rings is 1. The maximum absolute atomic E-state index is 13.9. The smallest absolute Gasteiger partial charge is 0.130 e. The van der Waals surface area contributed by atoms with E-state index in [9.17, 15) is 4.39 Å². The lowest BCUT2D eigenvalue weighted by molar-refractivity contribution is 0.592. The lowest BCUT2D eigenvalue weighted by atomic mass is 10.0. The quantitative estimate of drug-likeness (QED) is 0.897. The summed E-state index contributed by atoms with van der Waals surface area (Å²) in [6.45, 7) is 2.53. The minimum atomic E-state index is -0.326. The summed E-state index contributed by atoms with van der Waals surface area (Å²) in [6, 6.07) is 6.83. The van der Waals surface area contributed by atoms with Crippen molar-refractivity contribution < 1.29 is 4.39 Å². The van der Waals surface area contributed by atoms with Gasteiger partial charge in [0, 0.05) is 30.9 Å². The normalized spacial score (nSPS) is 12.5. The average Bonchev–Trinajstić information content (AvgIpc) is 2.73. The molecule has 2 N–H and O–H groups in total. The topological polar surface area (TPSA) is 29.3 Å². The van der Waals surface area contributed by atoms with E-state index in [-0.39, 0.29) is 11.9 Å². The number of halogens is 2. The molecule has 102 valence electrons. The second-order valence-corrected chi connectivity index (χ2v) is 6.87. The molecule has 1 aromatic heterocycles. The molecule has 1 aromatic carbocycles. The predicted octanol–water partition coefficient (Wildman–Crippen LogP) is 4.31. The van der Waals surface area contributed by atoms with Gasteiger partial charge in [0.25, 0.3) is 0 Å². The monoisotopic (exact) mass is 342 g/mol. The zero-order valence-electron chi connectivity index (χ0n) is 10.9. The van der Waals surface area contributed by atoms with Crippen molar-refractivity contribution in [1.82, 2.24) is 0 Å². The van der Waals surface area contributed by atoms with Gasteiger partial charge in [0.2, 0.25) is 0 Å². The summed E-state index contributed by atoms with van der Waals surface area (Å²) >= 11 is 5.09. The SMILES string of the molecule is CC(N)c1c(F)cccc1N(C)Cc1csc(Br)c1. The molecule has 2 nitrogen and oxygen atoms in total. The highest BCUT2D eigenvalue weighted by molar-refractivity contribution is 9.11. The summed E-state index contributed by atoms with van der Waals surface area (Å²) in [5.41, 5.74) is 8.49. The molecule has 0 radical (unpaired) electrons. The Labute approximate surface area is 125 Å². The van der Waals surface area contributed by atoms with Crippen LogP contribution >= 0.6 is 27.3 Å². The molecule has 0 saturated carbocycles. The maximum atomic E-state index is 13.9. The summed E-state index contributed by atoms with van der Waals surface area (Å²) in [5.74, 6) is -0.245. The Hall–Kier alpha value is -0.910. The van der Waals surface area contributed by atoms with Crippen LogP contribution in [0.2, 0.25) is 0 Å². The second-order valence-electron chi connectivity index (χ2n) is 4.58. The first kappa shape index (κ1) is 14.5. The van der Waals surface area contributed by atoms with Crippen LogP contribution in [0.1, 0.15) is 24.1 Å². The number of thiophene rings is 1. The molecule has 0 aliphatic carbocycles. The van der Waals surface area contributed by atoms with Crippen molar-refractivity contribution in [3.05, 3.63) is 50.4 Å². The van der Waals surface area contributed by atoms with E-state index in [2.05, 4.69) is 27.4 Å². The van der Waals surface area contributed by atoms with Crippen LogP contribution in [0.3, 0.4) is 0 Å². The van der Waals surface area contributed by atoms with Gasteiger partial charge in [-0.2, -0.15) is 0 Å². The highest BCUT2D eigenvalue weighted by atomic mass is 79.9. The van der Waals surface area contributed by atoms with Gasteiger partial charge in [-0.1, -0.05) is 6.07 Å². The zero-order chi connectivity index (χ0) is 14.0. The Morgan fingerprint density at radius 2 is 2.21 bits per heavy atom. The van der Waals surface area contributed by atoms with Gasteiger partial charge in [-0.15, -0.1) is 11.3 Å². The van der Waals surface area contributed by atoms with Gasteiger partial charge in [0.1, 0.15) is 5.82 Å². The van der Waals surface area contributed by atoms with Crippen LogP contribution in [0.25, 0.3) is 0 Å². The Bertz CT molecular complexity index is 568. The molecule has 0 saturated heterocycles. The van der Waals surface area contributed by atoms with Crippen molar-refractivity contribution in [1.29, 1.82) is 0 Å². The van der Waals surface area contributed by atoms with Gasteiger partial charge in [0.05, 0.1) is 3.79 Å². The third kappa shape index (κ3) is 3.35. The summed E-state index contributed by atoms with van der Waals surface area (Å²) in [7, 11) is 1.95. The molecule has 2 aromatic rings. The van der Waals surface area contributed by atoms with Crippen molar-refractivity contribution in [2.24, 2.45) is 5.73 Å². The third-order valence-corrected chi connectivity index (χ3v) is 4.49.